The molecule has 6 heteroatoms. The van der Waals surface area contributed by atoms with Crippen molar-refractivity contribution in [3.63, 3.8) is 0 Å². The summed E-state index contributed by atoms with van der Waals surface area (Å²) in [6, 6.07) is 12.4. The van der Waals surface area contributed by atoms with Crippen LogP contribution in [-0.2, 0) is 11.3 Å². The van der Waals surface area contributed by atoms with Crippen LogP contribution in [0.15, 0.2) is 55.1 Å². The van der Waals surface area contributed by atoms with Crippen molar-refractivity contribution in [2.24, 2.45) is 5.92 Å². The quantitative estimate of drug-likeness (QED) is 0.649. The highest BCUT2D eigenvalue weighted by Crippen LogP contribution is 2.42. The minimum absolute atomic E-state index is 0.167. The first-order chi connectivity index (χ1) is 14.7. The topological polar surface area (TPSA) is 86.2 Å². The number of aliphatic hydroxyl groups is 1. The number of rotatable bonds is 6. The van der Waals surface area contributed by atoms with Gasteiger partial charge in [0.25, 0.3) is 0 Å². The van der Waals surface area contributed by atoms with E-state index in [9.17, 15) is 5.11 Å². The molecule has 156 valence electrons. The van der Waals surface area contributed by atoms with Gasteiger partial charge in [0.2, 0.25) is 0 Å². The van der Waals surface area contributed by atoms with E-state index in [-0.39, 0.29) is 18.2 Å². The molecular weight excluding hydrogens is 376 g/mol. The molecule has 0 bridgehead atoms. The Balaban J connectivity index is 1.16. The molecule has 2 aromatic heterocycles. The number of pyridine rings is 1. The molecule has 1 aromatic carbocycles. The zero-order valence-electron chi connectivity index (χ0n) is 17.0. The Hall–Kier alpha value is -2.70. The van der Waals surface area contributed by atoms with Crippen LogP contribution < -0.4 is 5.73 Å². The first-order valence-electron chi connectivity index (χ1n) is 10.8. The average molecular weight is 405 g/mol. The number of aliphatic hydroxyl groups excluding tert-OH is 1. The molecule has 1 unspecified atom stereocenters. The largest absolute Gasteiger partial charge is 0.393 e. The van der Waals surface area contributed by atoms with Crippen LogP contribution in [0.2, 0.25) is 0 Å². The van der Waals surface area contributed by atoms with Crippen molar-refractivity contribution < 1.29 is 9.84 Å². The highest BCUT2D eigenvalue weighted by molar-refractivity contribution is 5.68. The normalized spacial score (nSPS) is 23.7. The molecule has 1 fully saturated rings. The van der Waals surface area contributed by atoms with Gasteiger partial charge in [-0.25, -0.2) is 9.97 Å². The highest BCUT2D eigenvalue weighted by Gasteiger charge is 2.33. The van der Waals surface area contributed by atoms with Gasteiger partial charge in [-0.05, 0) is 61.3 Å². The van der Waals surface area contributed by atoms with E-state index in [0.717, 1.165) is 43.4 Å². The number of fused-ring (bicyclic) bond motifs is 3. The Bertz CT molecular complexity index is 1010. The first kappa shape index (κ1) is 19.3. The summed E-state index contributed by atoms with van der Waals surface area (Å²) in [6.07, 6.45) is 10.1. The summed E-state index contributed by atoms with van der Waals surface area (Å²) in [5.41, 5.74) is 10.5. The van der Waals surface area contributed by atoms with Crippen molar-refractivity contribution >= 4 is 5.82 Å². The number of ether oxygens (including phenoxy) is 1. The molecule has 1 aliphatic carbocycles. The van der Waals surface area contributed by atoms with Gasteiger partial charge in [0.1, 0.15) is 5.82 Å². The average Bonchev–Trinajstić information content (AvgIpc) is 3.35. The van der Waals surface area contributed by atoms with Crippen LogP contribution in [0, 0.1) is 5.92 Å². The van der Waals surface area contributed by atoms with E-state index in [2.05, 4.69) is 38.8 Å². The molecule has 2 aliphatic rings. The van der Waals surface area contributed by atoms with Crippen LogP contribution in [-0.4, -0.2) is 31.8 Å². The van der Waals surface area contributed by atoms with Crippen LogP contribution in [0.3, 0.4) is 0 Å². The Morgan fingerprint density at radius 2 is 2.00 bits per heavy atom. The van der Waals surface area contributed by atoms with Crippen LogP contribution >= 0.6 is 0 Å². The second-order valence-electron chi connectivity index (χ2n) is 8.53. The molecule has 0 amide bonds. The fraction of sp³-hybridized carbons (Fsp3) is 0.417. The maximum absolute atomic E-state index is 11.1. The number of hydrogen-bond donors (Lipinski definition) is 2. The molecule has 0 saturated heterocycles. The Labute approximate surface area is 176 Å². The van der Waals surface area contributed by atoms with Gasteiger partial charge in [0.15, 0.2) is 0 Å². The van der Waals surface area contributed by atoms with E-state index in [1.807, 2.05) is 24.7 Å². The standard InChI is InChI=1S/C24H28N4O2/c25-24-11-16(9-10-27-24)14-30-18-7-5-17(6-8-18)23(29)12-21-19-3-1-2-4-20(19)22-13-26-15-28(21)22/h1-4,9-11,13,15,17-18,21,23,29H,5-8,12,14H2,(H2,25,27)/t17?,18?,21?,23-/m0/s1. The lowest BCUT2D eigenvalue weighted by Gasteiger charge is -2.32. The van der Waals surface area contributed by atoms with Gasteiger partial charge in [-0.15, -0.1) is 0 Å². The van der Waals surface area contributed by atoms with E-state index in [0.29, 0.717) is 18.3 Å². The molecule has 6 nitrogen and oxygen atoms in total. The number of nitrogen functional groups attached to an aromatic ring is 1. The van der Waals surface area contributed by atoms with Crippen molar-refractivity contribution in [2.75, 3.05) is 5.73 Å². The SMILES string of the molecule is Nc1cc(COC2CCC([C@@H](O)CC3c4ccccc4-c4cncn43)CC2)ccn1. The van der Waals surface area contributed by atoms with Gasteiger partial charge < -0.3 is 20.1 Å². The third kappa shape index (κ3) is 3.73. The monoisotopic (exact) mass is 404 g/mol. The van der Waals surface area contributed by atoms with Crippen LogP contribution in [0.4, 0.5) is 5.82 Å². The lowest BCUT2D eigenvalue weighted by Crippen LogP contribution is -2.30. The molecule has 0 radical (unpaired) electrons. The maximum Gasteiger partial charge on any atom is 0.123 e. The van der Waals surface area contributed by atoms with E-state index in [1.54, 1.807) is 6.20 Å². The summed E-state index contributed by atoms with van der Waals surface area (Å²) in [5.74, 6) is 0.846. The number of nitrogens with zero attached hydrogens (tertiary/aromatic N) is 3. The second-order valence-corrected chi connectivity index (χ2v) is 8.53. The molecule has 3 aromatic rings. The summed E-state index contributed by atoms with van der Waals surface area (Å²) in [4.78, 5) is 8.35. The number of anilines is 1. The van der Waals surface area contributed by atoms with Crippen molar-refractivity contribution in [3.05, 3.63) is 66.2 Å². The first-order valence-corrected chi connectivity index (χ1v) is 10.8. The minimum Gasteiger partial charge on any atom is -0.393 e. The number of benzene rings is 1. The Kier molecular flexibility index (Phi) is 5.27. The summed E-state index contributed by atoms with van der Waals surface area (Å²) < 4.78 is 8.30. The molecule has 5 rings (SSSR count). The zero-order valence-corrected chi connectivity index (χ0v) is 17.0. The summed E-state index contributed by atoms with van der Waals surface area (Å²) in [7, 11) is 0. The molecule has 30 heavy (non-hydrogen) atoms. The van der Waals surface area contributed by atoms with Crippen LogP contribution in [0.1, 0.15) is 49.3 Å². The molecule has 3 N–H and O–H groups in total. The van der Waals surface area contributed by atoms with Crippen molar-refractivity contribution in [3.8, 4) is 11.3 Å². The Morgan fingerprint density at radius 1 is 1.17 bits per heavy atom. The third-order valence-electron chi connectivity index (χ3n) is 6.66. The third-order valence-corrected chi connectivity index (χ3v) is 6.66. The van der Waals surface area contributed by atoms with Gasteiger partial charge >= 0.3 is 0 Å². The van der Waals surface area contributed by atoms with Gasteiger partial charge in [-0.3, -0.25) is 0 Å². The molecule has 3 heterocycles. The van der Waals surface area contributed by atoms with E-state index >= 15 is 0 Å². The van der Waals surface area contributed by atoms with Crippen molar-refractivity contribution in [2.45, 2.75) is 57.0 Å². The zero-order chi connectivity index (χ0) is 20.5. The lowest BCUT2D eigenvalue weighted by molar-refractivity contribution is -0.0160. The summed E-state index contributed by atoms with van der Waals surface area (Å²) >= 11 is 0. The number of imidazole rings is 1. The van der Waals surface area contributed by atoms with Crippen molar-refractivity contribution in [1.29, 1.82) is 0 Å². The number of aromatic nitrogens is 3. The molecule has 1 saturated carbocycles. The van der Waals surface area contributed by atoms with E-state index in [4.69, 9.17) is 10.5 Å². The van der Waals surface area contributed by atoms with Crippen molar-refractivity contribution in [1.82, 2.24) is 14.5 Å². The fourth-order valence-corrected chi connectivity index (χ4v) is 5.03. The molecular formula is C24H28N4O2. The lowest BCUT2D eigenvalue weighted by atomic mass is 9.81. The molecule has 2 atom stereocenters. The molecule has 0 spiro atoms. The second kappa shape index (κ2) is 8.20. The van der Waals surface area contributed by atoms with Crippen LogP contribution in [0.5, 0.6) is 0 Å². The minimum atomic E-state index is -0.322. The van der Waals surface area contributed by atoms with E-state index in [1.165, 1.54) is 11.1 Å². The van der Waals surface area contributed by atoms with E-state index < -0.39 is 0 Å². The number of hydrogen-bond acceptors (Lipinski definition) is 5. The molecule has 1 aliphatic heterocycles. The predicted octanol–water partition coefficient (Wildman–Crippen LogP) is 3.96. The summed E-state index contributed by atoms with van der Waals surface area (Å²) in [5, 5.41) is 11.1. The highest BCUT2D eigenvalue weighted by atomic mass is 16.5. The van der Waals surface area contributed by atoms with Gasteiger partial charge in [-0.2, -0.15) is 0 Å². The maximum atomic E-state index is 11.1. The van der Waals surface area contributed by atoms with Gasteiger partial charge in [0, 0.05) is 11.8 Å². The summed E-state index contributed by atoms with van der Waals surface area (Å²) in [6.45, 7) is 0.562. The fourth-order valence-electron chi connectivity index (χ4n) is 5.03. The smallest absolute Gasteiger partial charge is 0.123 e. The van der Waals surface area contributed by atoms with Gasteiger partial charge in [-0.1, -0.05) is 24.3 Å². The van der Waals surface area contributed by atoms with Crippen LogP contribution in [0.25, 0.3) is 11.3 Å². The Morgan fingerprint density at radius 3 is 2.83 bits per heavy atom. The number of nitrogens with two attached hydrogens (primary N) is 1. The predicted molar refractivity (Wildman–Crippen MR) is 116 cm³/mol. The van der Waals surface area contributed by atoms with Gasteiger partial charge in [0.05, 0.1) is 43.1 Å².